The van der Waals surface area contributed by atoms with Crippen LogP contribution in [0.3, 0.4) is 0 Å². The summed E-state index contributed by atoms with van der Waals surface area (Å²) < 4.78 is 0. The molecule has 2 saturated heterocycles. The third kappa shape index (κ3) is 3.28. The first kappa shape index (κ1) is 25.8. The van der Waals surface area contributed by atoms with Crippen molar-refractivity contribution >= 4 is 58.3 Å². The largest absolute Gasteiger partial charge is 0.508 e. The number of amides is 4. The number of Topliss-reactive ketones (excluding diaryl/α,β-unsaturated/α-hetero) is 1. The van der Waals surface area contributed by atoms with Gasteiger partial charge in [0.15, 0.2) is 15.5 Å². The number of aromatic hydroxyl groups is 1. The fourth-order valence-electron chi connectivity index (χ4n) is 6.92. The number of halogens is 2. The quantitative estimate of drug-likeness (QED) is 0.262. The number of benzene rings is 2. The normalized spacial score (nSPS) is 33.6. The second-order valence-electron chi connectivity index (χ2n) is 10.7. The van der Waals surface area contributed by atoms with Gasteiger partial charge in [-0.05, 0) is 67.6 Å². The van der Waals surface area contributed by atoms with E-state index in [2.05, 4.69) is 0 Å². The summed E-state index contributed by atoms with van der Waals surface area (Å²) in [7, 11) is 1.33. The van der Waals surface area contributed by atoms with Gasteiger partial charge in [0.2, 0.25) is 11.8 Å². The lowest BCUT2D eigenvalue weighted by atomic mass is 9.56. The number of alkyl halides is 2. The van der Waals surface area contributed by atoms with Crippen molar-refractivity contribution in [3.8, 4) is 5.75 Å². The maximum Gasteiger partial charge on any atom is 0.253 e. The minimum absolute atomic E-state index is 0.0539. The molecule has 2 aromatic carbocycles. The molecule has 2 aromatic rings. The van der Waals surface area contributed by atoms with Crippen LogP contribution in [0.4, 0.5) is 5.69 Å². The number of anilines is 1. The van der Waals surface area contributed by atoms with Crippen molar-refractivity contribution in [2.75, 3.05) is 11.9 Å². The van der Waals surface area contributed by atoms with Crippen LogP contribution in [0.5, 0.6) is 5.75 Å². The van der Waals surface area contributed by atoms with Gasteiger partial charge in [0.1, 0.15) is 5.75 Å². The van der Waals surface area contributed by atoms with Gasteiger partial charge in [0.05, 0.1) is 17.5 Å². The monoisotopic (exact) mass is 566 g/mol. The van der Waals surface area contributed by atoms with E-state index < -0.39 is 51.1 Å². The SMILES string of the molecule is CC(=O)c1ccc(N2C(=O)[C@H]3[C@H](CC=C4[C@H]3C[C@@]3(Cl)C(=O)N(C)C(=O)[C@@]3(Cl)[C@H]4c3cccc(O)c3)C2=O)cc1. The number of fused-ring (bicyclic) bond motifs is 4. The van der Waals surface area contributed by atoms with Crippen LogP contribution in [0.2, 0.25) is 0 Å². The molecule has 6 rings (SSSR count). The molecule has 2 aliphatic carbocycles. The van der Waals surface area contributed by atoms with E-state index in [9.17, 15) is 29.1 Å². The lowest BCUT2D eigenvalue weighted by Gasteiger charge is -2.50. The Labute approximate surface area is 234 Å². The Morgan fingerprint density at radius 3 is 2.31 bits per heavy atom. The van der Waals surface area contributed by atoms with Crippen molar-refractivity contribution in [2.24, 2.45) is 17.8 Å². The number of hydrogen-bond acceptors (Lipinski definition) is 6. The summed E-state index contributed by atoms with van der Waals surface area (Å²) >= 11 is 14.2. The van der Waals surface area contributed by atoms with Crippen molar-refractivity contribution in [1.82, 2.24) is 4.90 Å². The second-order valence-corrected chi connectivity index (χ2v) is 11.9. The standard InChI is InChI=1S/C29H24Cl2N2O6/c1-14(34)15-6-8-17(9-7-15)33-24(36)20-11-10-19-21(22(20)25(33)37)13-28(30)26(38)32(2)27(39)29(28,31)23(19)16-4-3-5-18(35)12-16/h3-10,12,20-23,35H,11,13H2,1-2H3/t20-,21+,22-,23-,28+,29-/m0/s1. The van der Waals surface area contributed by atoms with Crippen LogP contribution in [0, 0.1) is 17.8 Å². The Balaban J connectivity index is 1.48. The third-order valence-electron chi connectivity index (χ3n) is 8.75. The molecule has 10 heteroatoms. The Morgan fingerprint density at radius 2 is 1.67 bits per heavy atom. The number of nitrogens with zero attached hydrogens (tertiary/aromatic N) is 2. The first-order valence-electron chi connectivity index (χ1n) is 12.6. The molecule has 0 unspecified atom stereocenters. The number of carbonyl (C=O) groups excluding carboxylic acids is 5. The molecule has 3 fully saturated rings. The number of rotatable bonds is 3. The molecule has 2 aliphatic heterocycles. The van der Waals surface area contributed by atoms with Crippen molar-refractivity contribution in [3.63, 3.8) is 0 Å². The van der Waals surface area contributed by atoms with E-state index in [0.29, 0.717) is 22.4 Å². The molecular weight excluding hydrogens is 543 g/mol. The summed E-state index contributed by atoms with van der Waals surface area (Å²) in [6, 6.07) is 12.5. The molecule has 0 aromatic heterocycles. The number of hydrogen-bond donors (Lipinski definition) is 1. The fraction of sp³-hybridized carbons (Fsp3) is 0.345. The van der Waals surface area contributed by atoms with E-state index in [1.54, 1.807) is 36.4 Å². The zero-order valence-electron chi connectivity index (χ0n) is 21.1. The number of ketones is 1. The van der Waals surface area contributed by atoms with E-state index in [1.165, 1.54) is 26.1 Å². The smallest absolute Gasteiger partial charge is 0.253 e. The van der Waals surface area contributed by atoms with Crippen molar-refractivity contribution in [1.29, 1.82) is 0 Å². The minimum Gasteiger partial charge on any atom is -0.508 e. The molecule has 0 spiro atoms. The van der Waals surface area contributed by atoms with Crippen LogP contribution in [-0.4, -0.2) is 56.2 Å². The summed E-state index contributed by atoms with van der Waals surface area (Å²) in [5.41, 5.74) is 1.94. The molecule has 0 bridgehead atoms. The Kier molecular flexibility index (Phi) is 5.62. The third-order valence-corrected chi connectivity index (χ3v) is 10.2. The van der Waals surface area contributed by atoms with Gasteiger partial charge in [-0.1, -0.05) is 23.8 Å². The van der Waals surface area contributed by atoms with Crippen LogP contribution in [0.25, 0.3) is 0 Å². The van der Waals surface area contributed by atoms with Crippen LogP contribution in [0.1, 0.15) is 41.6 Å². The van der Waals surface area contributed by atoms with E-state index >= 15 is 0 Å². The number of carbonyl (C=O) groups is 5. The van der Waals surface area contributed by atoms with Crippen molar-refractivity contribution in [3.05, 3.63) is 71.3 Å². The Bertz CT molecular complexity index is 1520. The van der Waals surface area contributed by atoms with Crippen molar-refractivity contribution < 1.29 is 29.1 Å². The predicted molar refractivity (Wildman–Crippen MR) is 143 cm³/mol. The van der Waals surface area contributed by atoms with Gasteiger partial charge >= 0.3 is 0 Å². The van der Waals surface area contributed by atoms with Gasteiger partial charge in [0, 0.05) is 18.5 Å². The Hall–Kier alpha value is -3.49. The minimum atomic E-state index is -1.89. The second kappa shape index (κ2) is 8.50. The number of allylic oxidation sites excluding steroid dienone is 2. The van der Waals surface area contributed by atoms with Gasteiger partial charge in [-0.3, -0.25) is 33.8 Å². The van der Waals surface area contributed by atoms with Crippen LogP contribution < -0.4 is 4.90 Å². The van der Waals surface area contributed by atoms with Gasteiger partial charge in [-0.15, -0.1) is 23.2 Å². The first-order valence-corrected chi connectivity index (χ1v) is 13.4. The molecule has 4 amide bonds. The maximum absolute atomic E-state index is 13.9. The number of phenolic OH excluding ortho intramolecular Hbond substituents is 1. The van der Waals surface area contributed by atoms with E-state index in [4.69, 9.17) is 23.2 Å². The highest BCUT2D eigenvalue weighted by Gasteiger charge is 2.75. The van der Waals surface area contributed by atoms with Gasteiger partial charge in [0.25, 0.3) is 11.8 Å². The highest BCUT2D eigenvalue weighted by molar-refractivity contribution is 6.53. The highest BCUT2D eigenvalue weighted by atomic mass is 35.5. The van der Waals surface area contributed by atoms with Gasteiger partial charge in [-0.2, -0.15) is 0 Å². The first-order chi connectivity index (χ1) is 18.4. The molecule has 1 N–H and O–H groups in total. The Morgan fingerprint density at radius 1 is 0.974 bits per heavy atom. The summed E-state index contributed by atoms with van der Waals surface area (Å²) in [6.07, 6.45) is 1.97. The summed E-state index contributed by atoms with van der Waals surface area (Å²) in [4.78, 5) is 64.5. The molecule has 2 heterocycles. The molecule has 6 atom stereocenters. The topological polar surface area (TPSA) is 112 Å². The number of imide groups is 2. The molecule has 1 saturated carbocycles. The molecule has 4 aliphatic rings. The zero-order chi connectivity index (χ0) is 28.0. The fourth-order valence-corrected chi connectivity index (χ4v) is 7.94. The van der Waals surface area contributed by atoms with Crippen LogP contribution >= 0.6 is 23.2 Å². The molecule has 8 nitrogen and oxygen atoms in total. The highest BCUT2D eigenvalue weighted by Crippen LogP contribution is 2.65. The number of likely N-dealkylation sites (tertiary alicyclic amines) is 1. The van der Waals surface area contributed by atoms with Crippen LogP contribution in [0.15, 0.2) is 60.2 Å². The van der Waals surface area contributed by atoms with Gasteiger partial charge < -0.3 is 5.11 Å². The molecular formula is C29H24Cl2N2O6. The lowest BCUT2D eigenvalue weighted by molar-refractivity contribution is -0.138. The summed E-state index contributed by atoms with van der Waals surface area (Å²) in [5.74, 6) is -5.39. The van der Waals surface area contributed by atoms with E-state index in [1.807, 2.05) is 6.08 Å². The number of phenols is 1. The average Bonchev–Trinajstić information content (AvgIpc) is 3.23. The maximum atomic E-state index is 13.9. The van der Waals surface area contributed by atoms with E-state index in [0.717, 1.165) is 9.80 Å². The lowest BCUT2D eigenvalue weighted by Crippen LogP contribution is -2.60. The molecule has 200 valence electrons. The predicted octanol–water partition coefficient (Wildman–Crippen LogP) is 3.79. The van der Waals surface area contributed by atoms with Crippen LogP contribution in [-0.2, 0) is 19.2 Å². The summed E-state index contributed by atoms with van der Waals surface area (Å²) in [5, 5.41) is 10.3. The average molecular weight is 567 g/mol. The van der Waals surface area contributed by atoms with Crippen molar-refractivity contribution in [2.45, 2.75) is 35.4 Å². The van der Waals surface area contributed by atoms with Gasteiger partial charge in [-0.25, -0.2) is 0 Å². The van der Waals surface area contributed by atoms with E-state index in [-0.39, 0.29) is 30.3 Å². The zero-order valence-corrected chi connectivity index (χ0v) is 22.6. The molecule has 0 radical (unpaired) electrons. The summed E-state index contributed by atoms with van der Waals surface area (Å²) in [6.45, 7) is 1.43. The molecule has 39 heavy (non-hydrogen) atoms.